The van der Waals surface area contributed by atoms with Crippen molar-refractivity contribution in [3.05, 3.63) is 29.2 Å². The molecule has 8 nitrogen and oxygen atoms in total. The summed E-state index contributed by atoms with van der Waals surface area (Å²) in [5.41, 5.74) is 3.12. The molecule has 1 N–H and O–H groups in total. The standard InChI is InChI=1S/C22H28F2N4O4S/c1-12(2)28-18-7-14(20(29)26-22(4)10-33(30,31)11-22)5-6-16(18)19(27-28)17-8-15(32-21(23)24)9-25-13(17)3/h8-9,12,14,21H,5-7,10-11H2,1-4H3,(H,26,29)/t14-/m1/s1. The van der Waals surface area contributed by atoms with Gasteiger partial charge in [0.25, 0.3) is 0 Å². The van der Waals surface area contributed by atoms with Gasteiger partial charge in [-0.25, -0.2) is 8.42 Å². The Morgan fingerprint density at radius 2 is 2.03 bits per heavy atom. The third-order valence-electron chi connectivity index (χ3n) is 6.21. The minimum Gasteiger partial charge on any atom is -0.433 e. The number of carbonyl (C=O) groups excluding carboxylic acids is 1. The molecular formula is C22H28F2N4O4S. The van der Waals surface area contributed by atoms with Gasteiger partial charge in [-0.3, -0.25) is 14.5 Å². The number of sulfone groups is 1. The minimum absolute atomic E-state index is 0.0253. The summed E-state index contributed by atoms with van der Waals surface area (Å²) in [5.74, 6) is -0.564. The molecule has 1 saturated heterocycles. The molecule has 1 fully saturated rings. The van der Waals surface area contributed by atoms with E-state index in [4.69, 9.17) is 5.10 Å². The molecule has 1 amide bonds. The van der Waals surface area contributed by atoms with Crippen LogP contribution in [0, 0.1) is 12.8 Å². The maximum Gasteiger partial charge on any atom is 0.387 e. The number of fused-ring (bicyclic) bond motifs is 1. The van der Waals surface area contributed by atoms with Crippen molar-refractivity contribution in [2.75, 3.05) is 11.5 Å². The highest BCUT2D eigenvalue weighted by Gasteiger charge is 2.46. The van der Waals surface area contributed by atoms with Crippen molar-refractivity contribution in [2.24, 2.45) is 5.92 Å². The van der Waals surface area contributed by atoms with Crippen molar-refractivity contribution in [1.29, 1.82) is 0 Å². The molecule has 1 aliphatic carbocycles. The molecule has 0 aromatic carbocycles. The van der Waals surface area contributed by atoms with Crippen molar-refractivity contribution in [2.45, 2.75) is 65.1 Å². The quantitative estimate of drug-likeness (QED) is 0.679. The van der Waals surface area contributed by atoms with Gasteiger partial charge in [0.05, 0.1) is 28.9 Å². The highest BCUT2D eigenvalue weighted by Crippen LogP contribution is 2.37. The van der Waals surface area contributed by atoms with Gasteiger partial charge in [0.2, 0.25) is 5.91 Å². The van der Waals surface area contributed by atoms with E-state index in [1.54, 1.807) is 13.8 Å². The van der Waals surface area contributed by atoms with Crippen LogP contribution in [0.4, 0.5) is 8.78 Å². The lowest BCUT2D eigenvalue weighted by molar-refractivity contribution is -0.126. The number of nitrogens with zero attached hydrogens (tertiary/aromatic N) is 3. The van der Waals surface area contributed by atoms with E-state index in [9.17, 15) is 22.0 Å². The summed E-state index contributed by atoms with van der Waals surface area (Å²) in [7, 11) is -3.07. The summed E-state index contributed by atoms with van der Waals surface area (Å²) in [6, 6.07) is 1.55. The molecule has 3 heterocycles. The van der Waals surface area contributed by atoms with Crippen molar-refractivity contribution in [3.8, 4) is 17.0 Å². The normalized spacial score (nSPS) is 20.9. The third-order valence-corrected chi connectivity index (χ3v) is 8.36. The molecular weight excluding hydrogens is 454 g/mol. The topological polar surface area (TPSA) is 103 Å². The summed E-state index contributed by atoms with van der Waals surface area (Å²) in [6.07, 6.45) is 2.90. The summed E-state index contributed by atoms with van der Waals surface area (Å²) >= 11 is 0. The molecule has 33 heavy (non-hydrogen) atoms. The second kappa shape index (κ2) is 8.34. The van der Waals surface area contributed by atoms with Crippen LogP contribution >= 0.6 is 0 Å². The van der Waals surface area contributed by atoms with Crippen LogP contribution < -0.4 is 10.1 Å². The zero-order valence-corrected chi connectivity index (χ0v) is 19.9. The SMILES string of the molecule is Cc1ncc(OC(F)F)cc1-c1nn(C(C)C)c2c1CC[C@@H](C(=O)NC1(C)CS(=O)(=O)C1)C2. The van der Waals surface area contributed by atoms with Gasteiger partial charge in [0.15, 0.2) is 9.84 Å². The van der Waals surface area contributed by atoms with E-state index in [0.29, 0.717) is 36.2 Å². The van der Waals surface area contributed by atoms with Crippen molar-refractivity contribution >= 4 is 15.7 Å². The van der Waals surface area contributed by atoms with Crippen molar-refractivity contribution in [3.63, 3.8) is 0 Å². The first-order valence-corrected chi connectivity index (χ1v) is 12.7. The lowest BCUT2D eigenvalue weighted by Gasteiger charge is -2.39. The molecule has 0 spiro atoms. The largest absolute Gasteiger partial charge is 0.433 e. The molecule has 1 aliphatic heterocycles. The van der Waals surface area contributed by atoms with Gasteiger partial charge in [-0.15, -0.1) is 0 Å². The van der Waals surface area contributed by atoms with Crippen LogP contribution in [0.25, 0.3) is 11.3 Å². The molecule has 11 heteroatoms. The third kappa shape index (κ3) is 4.73. The van der Waals surface area contributed by atoms with Gasteiger partial charge in [-0.2, -0.15) is 13.9 Å². The van der Waals surface area contributed by atoms with E-state index in [-0.39, 0.29) is 35.1 Å². The van der Waals surface area contributed by atoms with Crippen LogP contribution in [0.2, 0.25) is 0 Å². The van der Waals surface area contributed by atoms with Crippen LogP contribution in [0.3, 0.4) is 0 Å². The zero-order valence-electron chi connectivity index (χ0n) is 19.1. The van der Waals surface area contributed by atoms with Gasteiger partial charge in [-0.1, -0.05) is 0 Å². The minimum atomic E-state index is -3.07. The van der Waals surface area contributed by atoms with Crippen LogP contribution in [-0.4, -0.2) is 52.7 Å². The first-order valence-electron chi connectivity index (χ1n) is 10.9. The number of halogens is 2. The maximum absolute atomic E-state index is 13.0. The molecule has 0 bridgehead atoms. The Labute approximate surface area is 191 Å². The van der Waals surface area contributed by atoms with E-state index >= 15 is 0 Å². The molecule has 2 aromatic heterocycles. The molecule has 180 valence electrons. The Kier molecular flexibility index (Phi) is 5.96. The molecule has 2 aromatic rings. The van der Waals surface area contributed by atoms with E-state index in [2.05, 4.69) is 15.0 Å². The Balaban J connectivity index is 1.63. The van der Waals surface area contributed by atoms with Crippen molar-refractivity contribution < 1.29 is 26.7 Å². The number of aromatic nitrogens is 3. The van der Waals surface area contributed by atoms with E-state index in [1.165, 1.54) is 12.3 Å². The first-order chi connectivity index (χ1) is 15.4. The van der Waals surface area contributed by atoms with Gasteiger partial charge < -0.3 is 10.1 Å². The molecule has 0 radical (unpaired) electrons. The number of hydrogen-bond donors (Lipinski definition) is 1. The molecule has 2 aliphatic rings. The number of ether oxygens (including phenoxy) is 1. The molecule has 4 rings (SSSR count). The van der Waals surface area contributed by atoms with E-state index < -0.39 is 22.0 Å². The fraction of sp³-hybridized carbons (Fsp3) is 0.591. The average molecular weight is 483 g/mol. The number of nitrogens with one attached hydrogen (secondary N) is 1. The van der Waals surface area contributed by atoms with Gasteiger partial charge in [0, 0.05) is 40.9 Å². The predicted molar refractivity (Wildman–Crippen MR) is 118 cm³/mol. The lowest BCUT2D eigenvalue weighted by Crippen LogP contribution is -2.64. The highest BCUT2D eigenvalue weighted by atomic mass is 32.2. The fourth-order valence-corrected chi connectivity index (χ4v) is 6.83. The van der Waals surface area contributed by atoms with Crippen LogP contribution in [0.15, 0.2) is 12.3 Å². The van der Waals surface area contributed by atoms with Gasteiger partial charge in [-0.05, 0) is 46.6 Å². The van der Waals surface area contributed by atoms with Crippen LogP contribution in [0.1, 0.15) is 50.2 Å². The number of alkyl halides is 2. The number of carbonyl (C=O) groups is 1. The highest BCUT2D eigenvalue weighted by molar-refractivity contribution is 7.93. The second-order valence-electron chi connectivity index (χ2n) is 9.52. The Morgan fingerprint density at radius 3 is 2.64 bits per heavy atom. The number of aryl methyl sites for hydroxylation is 1. The first kappa shape index (κ1) is 23.6. The summed E-state index contributed by atoms with van der Waals surface area (Å²) < 4.78 is 55.0. The molecule has 0 unspecified atom stereocenters. The van der Waals surface area contributed by atoms with Crippen LogP contribution in [-0.2, 0) is 27.5 Å². The predicted octanol–water partition coefficient (Wildman–Crippen LogP) is 2.84. The number of rotatable bonds is 6. The van der Waals surface area contributed by atoms with E-state index in [1.807, 2.05) is 18.5 Å². The summed E-state index contributed by atoms with van der Waals surface area (Å²) in [4.78, 5) is 17.2. The number of amides is 1. The molecule has 1 atom stereocenters. The Morgan fingerprint density at radius 1 is 1.33 bits per heavy atom. The second-order valence-corrected chi connectivity index (χ2v) is 11.6. The smallest absolute Gasteiger partial charge is 0.387 e. The van der Waals surface area contributed by atoms with E-state index in [0.717, 1.165) is 11.3 Å². The summed E-state index contributed by atoms with van der Waals surface area (Å²) in [6.45, 7) is 4.57. The average Bonchev–Trinajstić information content (AvgIpc) is 3.06. The lowest BCUT2D eigenvalue weighted by atomic mass is 9.84. The fourth-order valence-electron chi connectivity index (χ4n) is 4.83. The Hall–Kier alpha value is -2.56. The van der Waals surface area contributed by atoms with Crippen LogP contribution in [0.5, 0.6) is 5.75 Å². The van der Waals surface area contributed by atoms with Gasteiger partial charge in [0.1, 0.15) is 5.75 Å². The van der Waals surface area contributed by atoms with Crippen molar-refractivity contribution in [1.82, 2.24) is 20.1 Å². The number of hydrogen-bond acceptors (Lipinski definition) is 6. The maximum atomic E-state index is 13.0. The number of pyridine rings is 1. The Bertz CT molecular complexity index is 1180. The van der Waals surface area contributed by atoms with Gasteiger partial charge >= 0.3 is 6.61 Å². The monoisotopic (exact) mass is 482 g/mol. The zero-order chi connectivity index (χ0) is 24.1. The molecule has 0 saturated carbocycles. The summed E-state index contributed by atoms with van der Waals surface area (Å²) in [5, 5.41) is 7.71.